The van der Waals surface area contributed by atoms with Crippen molar-refractivity contribution in [2.24, 2.45) is 0 Å². The van der Waals surface area contributed by atoms with Crippen molar-refractivity contribution in [2.75, 3.05) is 12.4 Å². The number of rotatable bonds is 4. The van der Waals surface area contributed by atoms with Crippen molar-refractivity contribution < 1.29 is 9.53 Å². The highest BCUT2D eigenvalue weighted by Gasteiger charge is 2.17. The van der Waals surface area contributed by atoms with Crippen LogP contribution in [-0.2, 0) is 11.3 Å². The van der Waals surface area contributed by atoms with E-state index in [2.05, 4.69) is 45.6 Å². The van der Waals surface area contributed by atoms with Crippen LogP contribution in [0, 0.1) is 0 Å². The lowest BCUT2D eigenvalue weighted by Gasteiger charge is -2.11. The number of ether oxygens (including phenoxy) is 1. The molecule has 1 amide bonds. The van der Waals surface area contributed by atoms with Gasteiger partial charge in [0, 0.05) is 17.7 Å². The predicted molar refractivity (Wildman–Crippen MR) is 105 cm³/mol. The van der Waals surface area contributed by atoms with Crippen LogP contribution in [0.2, 0.25) is 5.15 Å². The summed E-state index contributed by atoms with van der Waals surface area (Å²) in [7, 11) is 3.91. The van der Waals surface area contributed by atoms with E-state index in [1.54, 1.807) is 12.1 Å². The maximum absolute atomic E-state index is 12.6. The van der Waals surface area contributed by atoms with Crippen LogP contribution < -0.4 is 20.9 Å². The molecule has 1 N–H and O–H groups in total. The van der Waals surface area contributed by atoms with Gasteiger partial charge < -0.3 is 4.74 Å². The summed E-state index contributed by atoms with van der Waals surface area (Å²) in [6, 6.07) is 3.26. The molecular formula is C15H12BrClN5O3P. The van der Waals surface area contributed by atoms with Crippen LogP contribution in [0.4, 0.5) is 5.95 Å². The summed E-state index contributed by atoms with van der Waals surface area (Å²) in [4.78, 5) is 32.7. The lowest BCUT2D eigenvalue weighted by Crippen LogP contribution is -2.30. The number of carbonyl (C=O) groups excluding carboxylic acids is 1. The van der Waals surface area contributed by atoms with Crippen molar-refractivity contribution in [2.45, 2.75) is 6.54 Å². The predicted octanol–water partition coefficient (Wildman–Crippen LogP) is 1.75. The molecule has 0 saturated heterocycles. The summed E-state index contributed by atoms with van der Waals surface area (Å²) in [5.74, 6) is 0.0296. The van der Waals surface area contributed by atoms with Crippen LogP contribution in [0.15, 0.2) is 33.8 Å². The first kappa shape index (κ1) is 18.7. The highest BCUT2D eigenvalue weighted by Crippen LogP contribution is 2.35. The van der Waals surface area contributed by atoms with Gasteiger partial charge >= 0.3 is 0 Å². The fourth-order valence-corrected chi connectivity index (χ4v) is 3.21. The van der Waals surface area contributed by atoms with Gasteiger partial charge in [0.05, 0.1) is 22.4 Å². The van der Waals surface area contributed by atoms with Gasteiger partial charge in [-0.3, -0.25) is 14.9 Å². The molecule has 0 aliphatic heterocycles. The topological polar surface area (TPSA) is 99.0 Å². The molecule has 11 heteroatoms. The number of amides is 1. The van der Waals surface area contributed by atoms with Crippen LogP contribution in [-0.4, -0.2) is 32.8 Å². The molecule has 3 aromatic rings. The number of fused-ring (bicyclic) bond motifs is 1. The second-order valence-electron chi connectivity index (χ2n) is 5.14. The Morgan fingerprint density at radius 2 is 2.08 bits per heavy atom. The Morgan fingerprint density at radius 1 is 1.38 bits per heavy atom. The van der Waals surface area contributed by atoms with E-state index >= 15 is 0 Å². The van der Waals surface area contributed by atoms with E-state index in [0.717, 1.165) is 9.99 Å². The molecule has 0 radical (unpaired) electrons. The third-order valence-electron chi connectivity index (χ3n) is 3.41. The van der Waals surface area contributed by atoms with Crippen molar-refractivity contribution in [3.63, 3.8) is 0 Å². The van der Waals surface area contributed by atoms with Gasteiger partial charge in [-0.05, 0) is 28.1 Å². The van der Waals surface area contributed by atoms with Gasteiger partial charge in [-0.1, -0.05) is 11.6 Å². The van der Waals surface area contributed by atoms with Gasteiger partial charge in [-0.2, -0.15) is 5.10 Å². The van der Waals surface area contributed by atoms with Crippen molar-refractivity contribution in [1.29, 1.82) is 0 Å². The number of carbonyl (C=O) groups is 1. The van der Waals surface area contributed by atoms with Crippen molar-refractivity contribution in [1.82, 2.24) is 19.7 Å². The number of anilines is 1. The Kier molecular flexibility index (Phi) is 5.50. The monoisotopic (exact) mass is 455 g/mol. The Labute approximate surface area is 163 Å². The van der Waals surface area contributed by atoms with Crippen LogP contribution in [0.5, 0.6) is 5.75 Å². The second-order valence-corrected chi connectivity index (χ2v) is 7.02. The molecule has 134 valence electrons. The van der Waals surface area contributed by atoms with Gasteiger partial charge in [0.25, 0.3) is 5.56 Å². The Bertz CT molecular complexity index is 1060. The van der Waals surface area contributed by atoms with Gasteiger partial charge in [-0.25, -0.2) is 14.6 Å². The lowest BCUT2D eigenvalue weighted by molar-refractivity contribution is -0.117. The van der Waals surface area contributed by atoms with E-state index in [1.807, 2.05) is 0 Å². The molecule has 0 fully saturated rings. The number of benzene rings is 1. The lowest BCUT2D eigenvalue weighted by atomic mass is 10.2. The summed E-state index contributed by atoms with van der Waals surface area (Å²) in [5, 5.41) is 8.01. The minimum absolute atomic E-state index is 0.0501. The minimum atomic E-state index is -0.504. The minimum Gasteiger partial charge on any atom is -0.495 e. The molecule has 1 atom stereocenters. The number of hydrogen-bond donors (Lipinski definition) is 1. The first-order chi connectivity index (χ1) is 12.4. The van der Waals surface area contributed by atoms with Gasteiger partial charge in [0.2, 0.25) is 11.9 Å². The highest BCUT2D eigenvalue weighted by atomic mass is 79.9. The molecular weight excluding hydrogens is 445 g/mol. The van der Waals surface area contributed by atoms with E-state index < -0.39 is 11.5 Å². The fourth-order valence-electron chi connectivity index (χ4n) is 2.29. The molecule has 8 nitrogen and oxygen atoms in total. The zero-order chi connectivity index (χ0) is 18.8. The van der Waals surface area contributed by atoms with E-state index in [4.69, 9.17) is 16.3 Å². The van der Waals surface area contributed by atoms with Crippen LogP contribution in [0.25, 0.3) is 10.8 Å². The van der Waals surface area contributed by atoms with Crippen molar-refractivity contribution in [3.8, 4) is 5.75 Å². The van der Waals surface area contributed by atoms with E-state index in [0.29, 0.717) is 21.0 Å². The zero-order valence-corrected chi connectivity index (χ0v) is 16.9. The second kappa shape index (κ2) is 7.65. The third kappa shape index (κ3) is 3.70. The maximum atomic E-state index is 12.6. The van der Waals surface area contributed by atoms with E-state index in [-0.39, 0.29) is 17.6 Å². The first-order valence-electron chi connectivity index (χ1n) is 7.21. The summed E-state index contributed by atoms with van der Waals surface area (Å²) in [5.41, 5.74) is -0.466. The molecule has 3 rings (SSSR count). The fraction of sp³-hybridized carbons (Fsp3) is 0.133. The number of methoxy groups -OCH3 is 1. The normalized spacial score (nSPS) is 10.8. The molecule has 0 aliphatic rings. The van der Waals surface area contributed by atoms with Gasteiger partial charge in [0.1, 0.15) is 12.3 Å². The van der Waals surface area contributed by atoms with E-state index in [9.17, 15) is 9.59 Å². The Hall–Kier alpha value is -2.09. The smallest absolute Gasteiger partial charge is 0.275 e. The number of nitrogens with one attached hydrogen (secondary N) is 1. The number of nitrogens with zero attached hydrogens (tertiary/aromatic N) is 4. The molecule has 0 bridgehead atoms. The first-order valence-corrected chi connectivity index (χ1v) is 8.95. The standard InChI is InChI=1S/C15H12BrClN5O3P/c1-25-12-9(16)3-2-8-11(12)13(17)21-22(14(8)24)6-10(23)20-15-18-4-7(26)5-19-15/h2-5H,6,26H2,1H3,(H,18,19,20,23). The molecule has 1 aromatic carbocycles. The molecule has 2 heterocycles. The van der Waals surface area contributed by atoms with Gasteiger partial charge in [-0.15, -0.1) is 9.24 Å². The molecule has 2 aromatic heterocycles. The van der Waals surface area contributed by atoms with Crippen molar-refractivity contribution >= 4 is 64.7 Å². The summed E-state index contributed by atoms with van der Waals surface area (Å²) in [6.45, 7) is -0.334. The summed E-state index contributed by atoms with van der Waals surface area (Å²) in [6.07, 6.45) is 3.07. The quantitative estimate of drug-likeness (QED) is 0.601. The zero-order valence-electron chi connectivity index (χ0n) is 13.4. The number of hydrogen-bond acceptors (Lipinski definition) is 6. The molecule has 0 saturated carbocycles. The van der Waals surface area contributed by atoms with Crippen molar-refractivity contribution in [3.05, 3.63) is 44.5 Å². The van der Waals surface area contributed by atoms with E-state index in [1.165, 1.54) is 19.5 Å². The largest absolute Gasteiger partial charge is 0.495 e. The summed E-state index contributed by atoms with van der Waals surface area (Å²) < 4.78 is 6.91. The SMILES string of the molecule is COc1c(Br)ccc2c(=O)n(CC(=O)Nc3ncc(P)cn3)nc(Cl)c12. The van der Waals surface area contributed by atoms with Crippen LogP contribution >= 0.6 is 36.8 Å². The van der Waals surface area contributed by atoms with Crippen LogP contribution in [0.1, 0.15) is 0 Å². The molecule has 0 aliphatic carbocycles. The molecule has 0 spiro atoms. The molecule has 1 unspecified atom stereocenters. The molecule has 26 heavy (non-hydrogen) atoms. The maximum Gasteiger partial charge on any atom is 0.275 e. The van der Waals surface area contributed by atoms with Gasteiger partial charge in [0.15, 0.2) is 5.15 Å². The average molecular weight is 457 g/mol. The van der Waals surface area contributed by atoms with Crippen LogP contribution in [0.3, 0.4) is 0 Å². The summed E-state index contributed by atoms with van der Waals surface area (Å²) >= 11 is 9.56. The number of aromatic nitrogens is 4. The Morgan fingerprint density at radius 3 is 2.73 bits per heavy atom. The number of halogens is 2. The highest BCUT2D eigenvalue weighted by molar-refractivity contribution is 9.10. The average Bonchev–Trinajstić information content (AvgIpc) is 2.61. The third-order valence-corrected chi connectivity index (χ3v) is 4.60. The Balaban J connectivity index is 1.95.